The summed E-state index contributed by atoms with van der Waals surface area (Å²) in [7, 11) is 0. The van der Waals surface area contributed by atoms with E-state index >= 15 is 0 Å². The molecule has 1 aromatic rings. The van der Waals surface area contributed by atoms with Gasteiger partial charge in [0.1, 0.15) is 6.10 Å². The molecule has 0 saturated heterocycles. The fraction of sp³-hybridized carbons (Fsp3) is 0.571. The van der Waals surface area contributed by atoms with E-state index in [-0.39, 0.29) is 12.0 Å². The van der Waals surface area contributed by atoms with Crippen LogP contribution in [0.15, 0.2) is 18.3 Å². The number of amides is 1. The zero-order chi connectivity index (χ0) is 13.0. The second-order valence-corrected chi connectivity index (χ2v) is 4.97. The third-order valence-corrected chi connectivity index (χ3v) is 3.25. The molecule has 0 bridgehead atoms. The Morgan fingerprint density at radius 2 is 2.06 bits per heavy atom. The van der Waals surface area contributed by atoms with E-state index in [9.17, 15) is 4.79 Å². The fourth-order valence-electron chi connectivity index (χ4n) is 2.31. The number of nitrogens with one attached hydrogen (secondary N) is 1. The molecule has 1 N–H and O–H groups in total. The Hall–Kier alpha value is -1.58. The Morgan fingerprint density at radius 3 is 2.61 bits per heavy atom. The first-order valence-corrected chi connectivity index (χ1v) is 6.50. The van der Waals surface area contributed by atoms with Crippen molar-refractivity contribution in [2.45, 2.75) is 51.7 Å². The fourth-order valence-corrected chi connectivity index (χ4v) is 2.31. The van der Waals surface area contributed by atoms with Gasteiger partial charge < -0.3 is 10.1 Å². The first kappa shape index (κ1) is 12.9. The normalized spacial score (nSPS) is 23.4. The van der Waals surface area contributed by atoms with Crippen LogP contribution in [-0.4, -0.2) is 23.0 Å². The minimum atomic E-state index is 0.0552. The summed E-state index contributed by atoms with van der Waals surface area (Å²) in [5.41, 5.74) is 1.14. The van der Waals surface area contributed by atoms with Crippen molar-refractivity contribution < 1.29 is 9.53 Å². The molecule has 98 valence electrons. The van der Waals surface area contributed by atoms with Crippen LogP contribution < -0.4 is 10.1 Å². The van der Waals surface area contributed by atoms with E-state index in [1.54, 1.807) is 6.92 Å². The highest BCUT2D eigenvalue weighted by Gasteiger charge is 2.22. The molecule has 2 rings (SSSR count). The van der Waals surface area contributed by atoms with Crippen molar-refractivity contribution in [2.24, 2.45) is 0 Å². The van der Waals surface area contributed by atoms with Gasteiger partial charge in [-0.3, -0.25) is 4.79 Å². The summed E-state index contributed by atoms with van der Waals surface area (Å²) in [6.07, 6.45) is 5.95. The minimum Gasteiger partial charge on any atom is -0.474 e. The van der Waals surface area contributed by atoms with E-state index in [1.807, 2.05) is 25.3 Å². The van der Waals surface area contributed by atoms with E-state index in [0.717, 1.165) is 31.2 Å². The van der Waals surface area contributed by atoms with Crippen LogP contribution in [0.2, 0.25) is 0 Å². The second kappa shape index (κ2) is 5.85. The number of hydrogen-bond donors (Lipinski definition) is 1. The monoisotopic (exact) mass is 248 g/mol. The predicted molar refractivity (Wildman–Crippen MR) is 69.5 cm³/mol. The SMILES string of the molecule is CC(=O)NC1CCC(Oc2ccc(C)cn2)CC1. The Bertz CT molecular complexity index is 395. The van der Waals surface area contributed by atoms with Crippen LogP contribution in [0.25, 0.3) is 0 Å². The molecule has 0 spiro atoms. The Morgan fingerprint density at radius 1 is 1.33 bits per heavy atom. The van der Waals surface area contributed by atoms with E-state index in [1.165, 1.54) is 0 Å². The number of hydrogen-bond acceptors (Lipinski definition) is 3. The lowest BCUT2D eigenvalue weighted by molar-refractivity contribution is -0.120. The summed E-state index contributed by atoms with van der Waals surface area (Å²) in [5.74, 6) is 0.753. The van der Waals surface area contributed by atoms with Gasteiger partial charge in [0.05, 0.1) is 0 Å². The van der Waals surface area contributed by atoms with Crippen molar-refractivity contribution in [1.29, 1.82) is 0 Å². The number of rotatable bonds is 3. The van der Waals surface area contributed by atoms with Crippen LogP contribution in [0.4, 0.5) is 0 Å². The van der Waals surface area contributed by atoms with Crippen molar-refractivity contribution in [3.63, 3.8) is 0 Å². The first-order valence-electron chi connectivity index (χ1n) is 6.50. The predicted octanol–water partition coefficient (Wildman–Crippen LogP) is 2.22. The van der Waals surface area contributed by atoms with Gasteiger partial charge in [-0.15, -0.1) is 0 Å². The van der Waals surface area contributed by atoms with Gasteiger partial charge in [0.2, 0.25) is 11.8 Å². The third-order valence-electron chi connectivity index (χ3n) is 3.25. The summed E-state index contributed by atoms with van der Waals surface area (Å²) in [4.78, 5) is 15.2. The highest BCUT2D eigenvalue weighted by atomic mass is 16.5. The van der Waals surface area contributed by atoms with E-state index in [2.05, 4.69) is 10.3 Å². The Balaban J connectivity index is 1.79. The average Bonchev–Trinajstić information content (AvgIpc) is 2.34. The van der Waals surface area contributed by atoms with Gasteiger partial charge >= 0.3 is 0 Å². The lowest BCUT2D eigenvalue weighted by Gasteiger charge is -2.28. The molecule has 0 unspecified atom stereocenters. The van der Waals surface area contributed by atoms with Crippen molar-refractivity contribution in [3.8, 4) is 5.88 Å². The van der Waals surface area contributed by atoms with Crippen LogP contribution in [0.1, 0.15) is 38.2 Å². The summed E-state index contributed by atoms with van der Waals surface area (Å²) in [6, 6.07) is 4.23. The van der Waals surface area contributed by atoms with Crippen molar-refractivity contribution >= 4 is 5.91 Å². The maximum absolute atomic E-state index is 11.0. The number of nitrogens with zero attached hydrogens (tertiary/aromatic N) is 1. The van der Waals surface area contributed by atoms with Crippen LogP contribution in [0, 0.1) is 6.92 Å². The molecule has 1 aromatic heterocycles. The zero-order valence-corrected chi connectivity index (χ0v) is 11.0. The topological polar surface area (TPSA) is 51.2 Å². The summed E-state index contributed by atoms with van der Waals surface area (Å²) >= 11 is 0. The van der Waals surface area contributed by atoms with E-state index < -0.39 is 0 Å². The highest BCUT2D eigenvalue weighted by molar-refractivity contribution is 5.73. The quantitative estimate of drug-likeness (QED) is 0.892. The third kappa shape index (κ3) is 3.72. The molecule has 0 radical (unpaired) electrons. The highest BCUT2D eigenvalue weighted by Crippen LogP contribution is 2.22. The van der Waals surface area contributed by atoms with Gasteiger partial charge in [-0.2, -0.15) is 0 Å². The molecule has 1 aliphatic carbocycles. The van der Waals surface area contributed by atoms with Crippen molar-refractivity contribution in [2.75, 3.05) is 0 Å². The smallest absolute Gasteiger partial charge is 0.217 e. The Kier molecular flexibility index (Phi) is 4.18. The zero-order valence-electron chi connectivity index (χ0n) is 11.0. The lowest BCUT2D eigenvalue weighted by atomic mass is 9.93. The molecule has 0 aromatic carbocycles. The first-order chi connectivity index (χ1) is 8.63. The minimum absolute atomic E-state index is 0.0552. The molecule has 0 aliphatic heterocycles. The van der Waals surface area contributed by atoms with Crippen LogP contribution in [-0.2, 0) is 4.79 Å². The maximum atomic E-state index is 11.0. The molecule has 1 amide bonds. The van der Waals surface area contributed by atoms with Gasteiger partial charge in [-0.1, -0.05) is 6.07 Å². The average molecular weight is 248 g/mol. The number of carbonyl (C=O) groups excluding carboxylic acids is 1. The Labute approximate surface area is 108 Å². The van der Waals surface area contributed by atoms with Gasteiger partial charge in [0.25, 0.3) is 0 Å². The molecule has 1 saturated carbocycles. The molecule has 1 fully saturated rings. The summed E-state index contributed by atoms with van der Waals surface area (Å²) in [6.45, 7) is 3.58. The molecule has 1 aliphatic rings. The number of ether oxygens (including phenoxy) is 1. The molecule has 0 atom stereocenters. The van der Waals surface area contributed by atoms with E-state index in [4.69, 9.17) is 4.74 Å². The lowest BCUT2D eigenvalue weighted by Crippen LogP contribution is -2.38. The molecule has 4 nitrogen and oxygen atoms in total. The van der Waals surface area contributed by atoms with Gasteiger partial charge in [0, 0.05) is 25.2 Å². The van der Waals surface area contributed by atoms with Gasteiger partial charge in [-0.25, -0.2) is 4.98 Å². The summed E-state index contributed by atoms with van der Waals surface area (Å²) < 4.78 is 5.84. The largest absolute Gasteiger partial charge is 0.474 e. The molecular weight excluding hydrogens is 228 g/mol. The van der Waals surface area contributed by atoms with E-state index in [0.29, 0.717) is 11.9 Å². The standard InChI is InChI=1S/C14H20N2O2/c1-10-3-8-14(15-9-10)18-13-6-4-12(5-7-13)16-11(2)17/h3,8-9,12-13H,4-7H2,1-2H3,(H,16,17). The number of carbonyl (C=O) groups is 1. The molecule has 4 heteroatoms. The maximum Gasteiger partial charge on any atom is 0.217 e. The van der Waals surface area contributed by atoms with Crippen LogP contribution in [0.5, 0.6) is 5.88 Å². The van der Waals surface area contributed by atoms with Crippen molar-refractivity contribution in [1.82, 2.24) is 10.3 Å². The molecule has 18 heavy (non-hydrogen) atoms. The second-order valence-electron chi connectivity index (χ2n) is 4.97. The number of pyridine rings is 1. The van der Waals surface area contributed by atoms with Gasteiger partial charge in [0.15, 0.2) is 0 Å². The van der Waals surface area contributed by atoms with Crippen LogP contribution >= 0.6 is 0 Å². The molecule has 1 heterocycles. The van der Waals surface area contributed by atoms with Crippen LogP contribution in [0.3, 0.4) is 0 Å². The summed E-state index contributed by atoms with van der Waals surface area (Å²) in [5, 5.41) is 2.96. The van der Waals surface area contributed by atoms with Gasteiger partial charge in [-0.05, 0) is 38.2 Å². The number of aryl methyl sites for hydroxylation is 1. The van der Waals surface area contributed by atoms with Crippen molar-refractivity contribution in [3.05, 3.63) is 23.9 Å². The molecular formula is C14H20N2O2. The number of aromatic nitrogens is 1.